The zero-order valence-corrected chi connectivity index (χ0v) is 12.6. The van der Waals surface area contributed by atoms with Crippen molar-refractivity contribution in [3.63, 3.8) is 0 Å². The summed E-state index contributed by atoms with van der Waals surface area (Å²) in [6.07, 6.45) is -5.33. The smallest absolute Gasteiger partial charge is 0.746 e. The Balaban J connectivity index is 0. The van der Waals surface area contributed by atoms with Gasteiger partial charge in [-0.2, -0.15) is 26.3 Å². The summed E-state index contributed by atoms with van der Waals surface area (Å²) in [6, 6.07) is 0. The van der Waals surface area contributed by atoms with Crippen molar-refractivity contribution in [1.82, 2.24) is 0 Å². The minimum atomic E-state index is -7.08. The second-order valence-electron chi connectivity index (χ2n) is 2.93. The molecule has 0 spiro atoms. The first-order chi connectivity index (χ1) is 7.60. The van der Waals surface area contributed by atoms with Crippen molar-refractivity contribution in [3.8, 4) is 0 Å². The van der Waals surface area contributed by atoms with Crippen molar-refractivity contribution in [2.75, 3.05) is 0 Å². The van der Waals surface area contributed by atoms with Crippen LogP contribution in [0.25, 0.3) is 0 Å². The van der Waals surface area contributed by atoms with Crippen LogP contribution < -0.4 is 51.4 Å². The van der Waals surface area contributed by atoms with Crippen molar-refractivity contribution in [2.24, 2.45) is 0 Å². The zero-order valence-electron chi connectivity index (χ0n) is 8.69. The molecular weight excluding hydrogens is 350 g/mol. The fraction of sp³-hybridized carbons (Fsp3) is 1.00. The summed E-state index contributed by atoms with van der Waals surface area (Å²) in [4.78, 5) is 0. The van der Waals surface area contributed by atoms with Gasteiger partial charge in [-0.05, 0) is 0 Å². The summed E-state index contributed by atoms with van der Waals surface area (Å²) in [6.45, 7) is 0. The van der Waals surface area contributed by atoms with Gasteiger partial charge in [-0.1, -0.05) is 0 Å². The Kier molecular flexibility index (Phi) is 7.42. The summed E-state index contributed by atoms with van der Waals surface area (Å²) in [5.74, 6) is -20.6. The van der Waals surface area contributed by atoms with Gasteiger partial charge in [0.25, 0.3) is 5.50 Å². The van der Waals surface area contributed by atoms with Gasteiger partial charge >= 0.3 is 75.6 Å². The first-order valence-corrected chi connectivity index (χ1v) is 5.07. The second kappa shape index (κ2) is 6.35. The molecule has 0 radical (unpaired) electrons. The predicted octanol–water partition coefficient (Wildman–Crippen LogP) is -0.998. The van der Waals surface area contributed by atoms with E-state index in [0.717, 1.165) is 0 Å². The maximum absolute atomic E-state index is 12.4. The number of rotatable bonds is 5. The Labute approximate surface area is 142 Å². The Morgan fingerprint density at radius 2 is 1.16 bits per heavy atom. The molecule has 0 aromatic heterocycles. The molecule has 1 unspecified atom stereocenters. The fourth-order valence-corrected chi connectivity index (χ4v) is 1.19. The zero-order chi connectivity index (χ0) is 15.2. The first-order valence-electron chi connectivity index (χ1n) is 3.60. The van der Waals surface area contributed by atoms with Crippen LogP contribution in [0.2, 0.25) is 0 Å². The molecule has 14 heteroatoms. The Bertz CT molecular complexity index is 408. The maximum Gasteiger partial charge on any atom is 1.00 e. The van der Waals surface area contributed by atoms with Crippen molar-refractivity contribution >= 4 is 10.1 Å². The topological polar surface area (TPSA) is 57.2 Å². The molecule has 0 heterocycles. The molecule has 19 heavy (non-hydrogen) atoms. The van der Waals surface area contributed by atoms with Gasteiger partial charge in [0.1, 0.15) is 10.1 Å². The van der Waals surface area contributed by atoms with E-state index in [1.807, 2.05) is 0 Å². The molecule has 0 aliphatic carbocycles. The van der Waals surface area contributed by atoms with Gasteiger partial charge in [0, 0.05) is 0 Å². The Morgan fingerprint density at radius 1 is 0.842 bits per heavy atom. The number of halogens is 9. The quantitative estimate of drug-likeness (QED) is 0.363. The standard InChI is InChI=1S/C5H3F9O3S.K/c6-1(7)3(9,10)5(13,14)4(11,12)2(8)18(15,16)17;/h1-2H,(H,15,16,17);/q;+1/p-1. The van der Waals surface area contributed by atoms with E-state index in [0.29, 0.717) is 0 Å². The SMILES string of the molecule is O=S(=O)([O-])C(F)C(F)(F)C(F)(F)C(F)(F)C(F)F.[K+]. The van der Waals surface area contributed by atoms with E-state index in [2.05, 4.69) is 0 Å². The van der Waals surface area contributed by atoms with E-state index < -0.39 is 39.8 Å². The third kappa shape index (κ3) is 3.97. The molecule has 0 aliphatic rings. The van der Waals surface area contributed by atoms with Crippen molar-refractivity contribution in [1.29, 1.82) is 0 Å². The van der Waals surface area contributed by atoms with Crippen LogP contribution in [0.15, 0.2) is 0 Å². The van der Waals surface area contributed by atoms with E-state index in [4.69, 9.17) is 0 Å². The molecule has 0 fully saturated rings. The Hall–Kier alpha value is 0.916. The van der Waals surface area contributed by atoms with E-state index in [-0.39, 0.29) is 51.4 Å². The van der Waals surface area contributed by atoms with Crippen LogP contribution in [0.3, 0.4) is 0 Å². The third-order valence-electron chi connectivity index (χ3n) is 1.65. The molecule has 3 nitrogen and oxygen atoms in total. The summed E-state index contributed by atoms with van der Waals surface area (Å²) in [5, 5.41) is 0. The Morgan fingerprint density at radius 3 is 1.37 bits per heavy atom. The number of hydrogen-bond donors (Lipinski definition) is 0. The molecule has 110 valence electrons. The van der Waals surface area contributed by atoms with E-state index >= 15 is 0 Å². The van der Waals surface area contributed by atoms with Gasteiger partial charge in [-0.25, -0.2) is 21.6 Å². The molecule has 0 rings (SSSR count). The molecule has 0 bridgehead atoms. The van der Waals surface area contributed by atoms with Gasteiger partial charge in [-0.15, -0.1) is 0 Å². The molecule has 0 aromatic rings. The number of alkyl halides is 9. The van der Waals surface area contributed by atoms with Crippen molar-refractivity contribution < 1.29 is 104 Å². The summed E-state index contributed by atoms with van der Waals surface area (Å²) in [5.41, 5.74) is -5.30. The summed E-state index contributed by atoms with van der Waals surface area (Å²) >= 11 is 0. The second-order valence-corrected chi connectivity index (χ2v) is 4.33. The van der Waals surface area contributed by atoms with Crippen LogP contribution in [-0.2, 0) is 10.1 Å². The first kappa shape index (κ1) is 22.2. The molecule has 0 saturated carbocycles. The average molecular weight is 352 g/mol. The van der Waals surface area contributed by atoms with Gasteiger partial charge in [0.15, 0.2) is 0 Å². The molecule has 0 aliphatic heterocycles. The molecular formula is C5H2F9KO3S. The minimum Gasteiger partial charge on any atom is -0.746 e. The fourth-order valence-electron chi connectivity index (χ4n) is 0.683. The minimum absolute atomic E-state index is 0. The molecule has 0 N–H and O–H groups in total. The normalized spacial score (nSPS) is 16.2. The molecule has 1 atom stereocenters. The third-order valence-corrected chi connectivity index (χ3v) is 2.45. The van der Waals surface area contributed by atoms with Crippen LogP contribution in [0.1, 0.15) is 0 Å². The van der Waals surface area contributed by atoms with Crippen LogP contribution >= 0.6 is 0 Å². The van der Waals surface area contributed by atoms with Gasteiger partial charge in [0.05, 0.1) is 0 Å². The van der Waals surface area contributed by atoms with Crippen LogP contribution in [0, 0.1) is 0 Å². The van der Waals surface area contributed by atoms with E-state index in [1.165, 1.54) is 0 Å². The summed E-state index contributed by atoms with van der Waals surface area (Å²) in [7, 11) is -6.75. The van der Waals surface area contributed by atoms with Gasteiger partial charge in [0.2, 0.25) is 0 Å². The van der Waals surface area contributed by atoms with Crippen molar-refractivity contribution in [3.05, 3.63) is 0 Å². The molecule has 0 amide bonds. The molecule has 0 aromatic carbocycles. The molecule has 0 saturated heterocycles. The van der Waals surface area contributed by atoms with E-state index in [9.17, 15) is 52.5 Å². The van der Waals surface area contributed by atoms with Gasteiger partial charge < -0.3 is 4.55 Å². The maximum atomic E-state index is 12.4. The average Bonchev–Trinajstić information content (AvgIpc) is 2.14. The van der Waals surface area contributed by atoms with Gasteiger partial charge in [-0.3, -0.25) is 0 Å². The van der Waals surface area contributed by atoms with Crippen molar-refractivity contribution in [2.45, 2.75) is 29.7 Å². The van der Waals surface area contributed by atoms with E-state index in [1.54, 1.807) is 0 Å². The summed E-state index contributed by atoms with van der Waals surface area (Å²) < 4.78 is 138. The van der Waals surface area contributed by atoms with Crippen LogP contribution in [0.4, 0.5) is 39.5 Å². The van der Waals surface area contributed by atoms with Crippen LogP contribution in [0.5, 0.6) is 0 Å². The monoisotopic (exact) mass is 352 g/mol. The van der Waals surface area contributed by atoms with Crippen LogP contribution in [-0.4, -0.2) is 42.7 Å². The largest absolute Gasteiger partial charge is 1.00 e. The number of hydrogen-bond acceptors (Lipinski definition) is 3. The predicted molar refractivity (Wildman–Crippen MR) is 35.4 cm³/mol.